The molecule has 1 spiro atoms. The third-order valence-electron chi connectivity index (χ3n) is 5.45. The highest BCUT2D eigenvalue weighted by molar-refractivity contribution is 6.31. The third-order valence-corrected chi connectivity index (χ3v) is 5.75. The Kier molecular flexibility index (Phi) is 3.87. The van der Waals surface area contributed by atoms with Crippen molar-refractivity contribution in [1.82, 2.24) is 20.3 Å². The zero-order valence-corrected chi connectivity index (χ0v) is 15.3. The lowest BCUT2D eigenvalue weighted by Crippen LogP contribution is -2.58. The minimum Gasteiger partial charge on any atom is -0.355 e. The van der Waals surface area contributed by atoms with Crippen LogP contribution >= 0.6 is 11.6 Å². The van der Waals surface area contributed by atoms with Crippen LogP contribution in [-0.4, -0.2) is 40.1 Å². The Labute approximate surface area is 160 Å². The van der Waals surface area contributed by atoms with Crippen LogP contribution in [0.2, 0.25) is 5.02 Å². The van der Waals surface area contributed by atoms with E-state index in [0.717, 1.165) is 31.9 Å². The zero-order valence-electron chi connectivity index (χ0n) is 14.5. The monoisotopic (exact) mass is 384 g/mol. The predicted molar refractivity (Wildman–Crippen MR) is 104 cm³/mol. The molecule has 5 rings (SSSR count). The lowest BCUT2D eigenvalue weighted by molar-refractivity contribution is 0.235. The van der Waals surface area contributed by atoms with E-state index in [1.165, 1.54) is 18.8 Å². The number of pyridine rings is 1. The average Bonchev–Trinajstić information content (AvgIpc) is 3.12. The van der Waals surface area contributed by atoms with Crippen molar-refractivity contribution >= 4 is 40.0 Å². The summed E-state index contributed by atoms with van der Waals surface area (Å²) in [5, 5.41) is 6.62. The minimum absolute atomic E-state index is 0.0578. The summed E-state index contributed by atoms with van der Waals surface area (Å²) in [4.78, 5) is 15.6. The van der Waals surface area contributed by atoms with Crippen LogP contribution in [0.25, 0.3) is 11.0 Å². The largest absolute Gasteiger partial charge is 0.355 e. The van der Waals surface area contributed by atoms with Gasteiger partial charge in [0.05, 0.1) is 16.2 Å². The van der Waals surface area contributed by atoms with Crippen molar-refractivity contribution < 1.29 is 4.39 Å². The summed E-state index contributed by atoms with van der Waals surface area (Å²) in [6, 6.07) is 8.72. The highest BCUT2D eigenvalue weighted by atomic mass is 35.5. The molecule has 3 aromatic rings. The van der Waals surface area contributed by atoms with Crippen molar-refractivity contribution in [1.29, 1.82) is 0 Å². The molecule has 8 heteroatoms. The molecule has 6 nitrogen and oxygen atoms in total. The second-order valence-corrected chi connectivity index (χ2v) is 7.52. The van der Waals surface area contributed by atoms with Gasteiger partial charge in [0.1, 0.15) is 17.7 Å². The van der Waals surface area contributed by atoms with Crippen molar-refractivity contribution in [3.8, 4) is 0 Å². The number of benzene rings is 1. The van der Waals surface area contributed by atoms with E-state index in [9.17, 15) is 4.39 Å². The van der Waals surface area contributed by atoms with Crippen molar-refractivity contribution in [3.63, 3.8) is 0 Å². The molecule has 2 aromatic heterocycles. The molecule has 1 unspecified atom stereocenters. The Morgan fingerprint density at radius 3 is 2.85 bits per heavy atom. The fourth-order valence-corrected chi connectivity index (χ4v) is 3.99. The van der Waals surface area contributed by atoms with Gasteiger partial charge in [-0.05, 0) is 43.7 Å². The molecule has 0 radical (unpaired) electrons. The summed E-state index contributed by atoms with van der Waals surface area (Å²) in [6.45, 7) is 3.00. The summed E-state index contributed by atoms with van der Waals surface area (Å²) < 4.78 is 14.3. The van der Waals surface area contributed by atoms with Gasteiger partial charge in [-0.2, -0.15) is 0 Å². The van der Waals surface area contributed by atoms with Crippen LogP contribution in [0, 0.1) is 5.82 Å². The summed E-state index contributed by atoms with van der Waals surface area (Å²) in [7, 11) is 0. The summed E-state index contributed by atoms with van der Waals surface area (Å²) in [6.07, 6.45) is 3.77. The van der Waals surface area contributed by atoms with Gasteiger partial charge >= 0.3 is 0 Å². The fourth-order valence-electron chi connectivity index (χ4n) is 3.82. The third kappa shape index (κ3) is 2.87. The van der Waals surface area contributed by atoms with Crippen LogP contribution in [0.5, 0.6) is 0 Å². The number of fused-ring (bicyclic) bond motifs is 1. The van der Waals surface area contributed by atoms with E-state index in [-0.39, 0.29) is 16.2 Å². The number of anilines is 3. The van der Waals surface area contributed by atoms with Gasteiger partial charge in [-0.3, -0.25) is 0 Å². The summed E-state index contributed by atoms with van der Waals surface area (Å²) >= 11 is 5.88. The van der Waals surface area contributed by atoms with E-state index in [2.05, 4.69) is 25.5 Å². The highest BCUT2D eigenvalue weighted by Gasteiger charge is 2.42. The first-order valence-corrected chi connectivity index (χ1v) is 9.34. The Bertz CT molecular complexity index is 1020. The highest BCUT2D eigenvalue weighted by Crippen LogP contribution is 2.34. The summed E-state index contributed by atoms with van der Waals surface area (Å²) in [5.41, 5.74) is 1.81. The molecule has 0 saturated carbocycles. The van der Waals surface area contributed by atoms with Crippen LogP contribution in [-0.2, 0) is 0 Å². The molecule has 0 amide bonds. The molecule has 2 N–H and O–H groups in total. The molecule has 27 heavy (non-hydrogen) atoms. The minimum atomic E-state index is -0.514. The average molecular weight is 385 g/mol. The van der Waals surface area contributed by atoms with Gasteiger partial charge in [-0.25, -0.2) is 19.3 Å². The second-order valence-electron chi connectivity index (χ2n) is 7.11. The lowest BCUT2D eigenvalue weighted by Gasteiger charge is -2.39. The Balaban J connectivity index is 1.50. The molecule has 2 aliphatic heterocycles. The SMILES string of the molecule is Fc1c(Cl)cccc1Nc1ncnc2ccc(N3CCC4(CCN4)C3)nc12. The van der Waals surface area contributed by atoms with E-state index in [4.69, 9.17) is 16.6 Å². The first-order valence-electron chi connectivity index (χ1n) is 8.96. The number of aromatic nitrogens is 3. The maximum atomic E-state index is 14.3. The van der Waals surface area contributed by atoms with E-state index in [1.807, 2.05) is 12.1 Å². The number of halogens is 2. The molecule has 2 aliphatic rings. The Hall–Kier alpha value is -2.51. The van der Waals surface area contributed by atoms with Crippen molar-refractivity contribution in [2.45, 2.75) is 18.4 Å². The van der Waals surface area contributed by atoms with Gasteiger partial charge < -0.3 is 15.5 Å². The maximum absolute atomic E-state index is 14.3. The smallest absolute Gasteiger partial charge is 0.165 e. The van der Waals surface area contributed by atoms with Crippen molar-refractivity contribution in [2.75, 3.05) is 29.9 Å². The molecule has 138 valence electrons. The van der Waals surface area contributed by atoms with E-state index in [1.54, 1.807) is 12.1 Å². The standard InChI is InChI=1S/C19H18ClFN6/c20-12-2-1-3-13(16(12)21)25-18-17-14(22-11-23-18)4-5-15(26-17)27-9-7-19(10-27)6-8-24-19/h1-5,11,24H,6-10H2,(H,22,23,25). The van der Waals surface area contributed by atoms with Gasteiger partial charge in [-0.15, -0.1) is 0 Å². The van der Waals surface area contributed by atoms with Crippen molar-refractivity contribution in [3.05, 3.63) is 47.5 Å². The zero-order chi connectivity index (χ0) is 18.4. The molecule has 0 bridgehead atoms. The first-order chi connectivity index (χ1) is 13.1. The molecule has 0 aliphatic carbocycles. The molecule has 4 heterocycles. The quantitative estimate of drug-likeness (QED) is 0.720. The maximum Gasteiger partial charge on any atom is 0.165 e. The molecule has 2 saturated heterocycles. The number of hydrogen-bond acceptors (Lipinski definition) is 6. The van der Waals surface area contributed by atoms with E-state index >= 15 is 0 Å². The normalized spacial score (nSPS) is 21.6. The number of hydrogen-bond donors (Lipinski definition) is 2. The molecule has 2 fully saturated rings. The lowest BCUT2D eigenvalue weighted by atomic mass is 9.87. The Morgan fingerprint density at radius 1 is 1.19 bits per heavy atom. The van der Waals surface area contributed by atoms with Crippen LogP contribution < -0.4 is 15.5 Å². The number of rotatable bonds is 3. The predicted octanol–water partition coefficient (Wildman–Crippen LogP) is 3.50. The second kappa shape index (κ2) is 6.28. The van der Waals surface area contributed by atoms with Crippen LogP contribution in [0.15, 0.2) is 36.7 Å². The van der Waals surface area contributed by atoms with Crippen LogP contribution in [0.3, 0.4) is 0 Å². The first kappa shape index (κ1) is 16.6. The fraction of sp³-hybridized carbons (Fsp3) is 0.316. The van der Waals surface area contributed by atoms with Gasteiger partial charge in [0, 0.05) is 18.6 Å². The van der Waals surface area contributed by atoms with Gasteiger partial charge in [0.15, 0.2) is 11.6 Å². The van der Waals surface area contributed by atoms with Gasteiger partial charge in [0.25, 0.3) is 0 Å². The van der Waals surface area contributed by atoms with E-state index < -0.39 is 5.82 Å². The topological polar surface area (TPSA) is 66.0 Å². The molecule has 1 atom stereocenters. The Morgan fingerprint density at radius 2 is 2.07 bits per heavy atom. The number of nitrogens with zero attached hydrogens (tertiary/aromatic N) is 4. The molecular weight excluding hydrogens is 367 g/mol. The molecule has 1 aromatic carbocycles. The van der Waals surface area contributed by atoms with Crippen LogP contribution in [0.1, 0.15) is 12.8 Å². The van der Waals surface area contributed by atoms with Crippen LogP contribution in [0.4, 0.5) is 21.7 Å². The van der Waals surface area contributed by atoms with E-state index in [0.29, 0.717) is 16.9 Å². The molecular formula is C19H18ClFN6. The number of nitrogens with one attached hydrogen (secondary N) is 2. The summed E-state index contributed by atoms with van der Waals surface area (Å²) in [5.74, 6) is 0.829. The van der Waals surface area contributed by atoms with Gasteiger partial charge in [-0.1, -0.05) is 17.7 Å². The van der Waals surface area contributed by atoms with Crippen molar-refractivity contribution in [2.24, 2.45) is 0 Å². The van der Waals surface area contributed by atoms with Gasteiger partial charge in [0.2, 0.25) is 0 Å².